The quantitative estimate of drug-likeness (QED) is 0.576. The number of sulfone groups is 1. The van der Waals surface area contributed by atoms with Crippen LogP contribution < -0.4 is 5.32 Å². The fraction of sp³-hybridized carbons (Fsp3) is 0.500. The van der Waals surface area contributed by atoms with Gasteiger partial charge in [0.1, 0.15) is 5.69 Å². The zero-order valence-electron chi connectivity index (χ0n) is 12.8. The topological polar surface area (TPSA) is 122 Å². The molecule has 1 fully saturated rings. The highest BCUT2D eigenvalue weighted by Crippen LogP contribution is 2.22. The molecule has 23 heavy (non-hydrogen) atoms. The molecule has 2 rings (SSSR count). The van der Waals surface area contributed by atoms with E-state index < -0.39 is 33.9 Å². The minimum atomic E-state index is -3.14. The van der Waals surface area contributed by atoms with Crippen LogP contribution in [0.2, 0.25) is 0 Å². The van der Waals surface area contributed by atoms with E-state index in [4.69, 9.17) is 4.74 Å². The van der Waals surface area contributed by atoms with E-state index in [1.807, 2.05) is 0 Å². The van der Waals surface area contributed by atoms with Crippen molar-refractivity contribution in [3.8, 4) is 0 Å². The molecule has 8 nitrogen and oxygen atoms in total. The maximum atomic E-state index is 11.8. The van der Waals surface area contributed by atoms with Gasteiger partial charge in [-0.05, 0) is 26.3 Å². The highest BCUT2D eigenvalue weighted by atomic mass is 32.2. The summed E-state index contributed by atoms with van der Waals surface area (Å²) in [5, 5.41) is 2.58. The van der Waals surface area contributed by atoms with Crippen LogP contribution in [0.3, 0.4) is 0 Å². The van der Waals surface area contributed by atoms with E-state index in [1.165, 1.54) is 19.2 Å². The number of esters is 1. The van der Waals surface area contributed by atoms with E-state index in [0.717, 1.165) is 0 Å². The number of carbonyl (C=O) groups is 3. The van der Waals surface area contributed by atoms with Gasteiger partial charge in [-0.15, -0.1) is 0 Å². The number of ketones is 1. The number of hydrogen-bond acceptors (Lipinski definition) is 6. The molecule has 1 aromatic rings. The molecule has 0 radical (unpaired) electrons. The molecule has 0 spiro atoms. The second-order valence-corrected chi connectivity index (χ2v) is 8.07. The van der Waals surface area contributed by atoms with E-state index in [-0.39, 0.29) is 23.0 Å². The Morgan fingerprint density at radius 2 is 2.09 bits per heavy atom. The average Bonchev–Trinajstić information content (AvgIpc) is 3.01. The molecule has 0 bridgehead atoms. The molecule has 126 valence electrons. The first-order chi connectivity index (χ1) is 10.6. The van der Waals surface area contributed by atoms with Crippen molar-refractivity contribution >= 4 is 27.5 Å². The summed E-state index contributed by atoms with van der Waals surface area (Å²) < 4.78 is 27.8. The molecule has 1 atom stereocenters. The Kier molecular flexibility index (Phi) is 4.60. The molecule has 9 heteroatoms. The number of nitrogens with one attached hydrogen (secondary N) is 2. The second-order valence-electron chi connectivity index (χ2n) is 5.89. The molecular weight excluding hydrogens is 324 g/mol. The minimum absolute atomic E-state index is 0.0276. The average molecular weight is 342 g/mol. The molecule has 0 aliphatic carbocycles. The predicted octanol–water partition coefficient (Wildman–Crippen LogP) is 0.0675. The van der Waals surface area contributed by atoms with Gasteiger partial charge < -0.3 is 15.0 Å². The van der Waals surface area contributed by atoms with Crippen LogP contribution in [0.1, 0.15) is 41.1 Å². The predicted molar refractivity (Wildman–Crippen MR) is 80.9 cm³/mol. The lowest BCUT2D eigenvalue weighted by Gasteiger charge is -2.23. The summed E-state index contributed by atoms with van der Waals surface area (Å²) in [6.07, 6.45) is 1.71. The monoisotopic (exact) mass is 342 g/mol. The van der Waals surface area contributed by atoms with Crippen molar-refractivity contribution in [2.24, 2.45) is 0 Å². The highest BCUT2D eigenvalue weighted by molar-refractivity contribution is 7.91. The summed E-state index contributed by atoms with van der Waals surface area (Å²) in [7, 11) is -3.14. The van der Waals surface area contributed by atoms with Gasteiger partial charge in [-0.25, -0.2) is 13.2 Å². The van der Waals surface area contributed by atoms with E-state index in [9.17, 15) is 22.8 Å². The van der Waals surface area contributed by atoms with Crippen molar-refractivity contribution in [1.82, 2.24) is 10.3 Å². The molecule has 0 unspecified atom stereocenters. The molecule has 1 aliphatic heterocycles. The molecular formula is C14H18N2O6S. The van der Waals surface area contributed by atoms with Gasteiger partial charge in [0.15, 0.2) is 22.2 Å². The lowest BCUT2D eigenvalue weighted by molar-refractivity contribution is -0.125. The van der Waals surface area contributed by atoms with Crippen molar-refractivity contribution in [2.45, 2.75) is 25.8 Å². The summed E-state index contributed by atoms with van der Waals surface area (Å²) in [6, 6.07) is 1.34. The number of aromatic nitrogens is 1. The van der Waals surface area contributed by atoms with Crippen LogP contribution in [-0.4, -0.2) is 54.7 Å². The molecule has 1 aliphatic rings. The smallest absolute Gasteiger partial charge is 0.355 e. The summed E-state index contributed by atoms with van der Waals surface area (Å²) in [4.78, 5) is 37.3. The van der Waals surface area contributed by atoms with Crippen LogP contribution in [-0.2, 0) is 19.4 Å². The van der Waals surface area contributed by atoms with Gasteiger partial charge in [-0.3, -0.25) is 9.59 Å². The van der Waals surface area contributed by atoms with Crippen molar-refractivity contribution in [3.05, 3.63) is 23.5 Å². The summed E-state index contributed by atoms with van der Waals surface area (Å²) in [6.45, 7) is 2.48. The number of ether oxygens (including phenoxy) is 1. The molecule has 0 aromatic carbocycles. The van der Waals surface area contributed by atoms with Crippen LogP contribution >= 0.6 is 0 Å². The minimum Gasteiger partial charge on any atom is -0.451 e. The van der Waals surface area contributed by atoms with Crippen LogP contribution in [0, 0.1) is 0 Å². The van der Waals surface area contributed by atoms with Crippen LogP contribution in [0.4, 0.5) is 0 Å². The lowest BCUT2D eigenvalue weighted by Crippen LogP contribution is -2.48. The number of rotatable bonds is 5. The van der Waals surface area contributed by atoms with E-state index >= 15 is 0 Å². The Balaban J connectivity index is 1.86. The Labute approximate surface area is 133 Å². The summed E-state index contributed by atoms with van der Waals surface area (Å²) in [5.41, 5.74) is -0.431. The Morgan fingerprint density at radius 1 is 1.39 bits per heavy atom. The lowest BCUT2D eigenvalue weighted by atomic mass is 10.0. The number of hydrogen-bond donors (Lipinski definition) is 2. The fourth-order valence-corrected chi connectivity index (χ4v) is 4.50. The molecule has 0 saturated carbocycles. The van der Waals surface area contributed by atoms with Gasteiger partial charge in [-0.1, -0.05) is 0 Å². The standard InChI is InChI=1S/C14H18N2O6S/c1-9(17)10-5-11(15-6-10)13(19)22-7-12(18)16-14(2)3-4-23(20,21)8-14/h5-6,15H,3-4,7-8H2,1-2H3,(H,16,18)/t14-/m0/s1. The van der Waals surface area contributed by atoms with E-state index in [1.54, 1.807) is 6.92 Å². The Morgan fingerprint density at radius 3 is 2.61 bits per heavy atom. The van der Waals surface area contributed by atoms with Crippen molar-refractivity contribution in [1.29, 1.82) is 0 Å². The molecule has 2 heterocycles. The number of amides is 1. The third kappa shape index (κ3) is 4.41. The maximum Gasteiger partial charge on any atom is 0.355 e. The highest BCUT2D eigenvalue weighted by Gasteiger charge is 2.39. The zero-order chi connectivity index (χ0) is 17.3. The third-order valence-electron chi connectivity index (χ3n) is 3.59. The molecule has 1 saturated heterocycles. The Hall–Kier alpha value is -2.16. The van der Waals surface area contributed by atoms with Gasteiger partial charge in [0, 0.05) is 11.8 Å². The van der Waals surface area contributed by atoms with Crippen molar-refractivity contribution in [2.75, 3.05) is 18.1 Å². The first-order valence-electron chi connectivity index (χ1n) is 6.98. The first kappa shape index (κ1) is 17.2. The van der Waals surface area contributed by atoms with Gasteiger partial charge in [0.2, 0.25) is 0 Å². The Bertz CT molecular complexity index is 751. The second kappa shape index (κ2) is 6.15. The van der Waals surface area contributed by atoms with Crippen molar-refractivity contribution in [3.63, 3.8) is 0 Å². The third-order valence-corrected chi connectivity index (χ3v) is 5.49. The maximum absolute atomic E-state index is 11.8. The number of H-pyrrole nitrogens is 1. The van der Waals surface area contributed by atoms with Crippen LogP contribution in [0.5, 0.6) is 0 Å². The summed E-state index contributed by atoms with van der Waals surface area (Å²) in [5.74, 6) is -1.64. The number of Topliss-reactive ketones (excluding diaryl/α,β-unsaturated/α-hetero) is 1. The van der Waals surface area contributed by atoms with Gasteiger partial charge in [0.05, 0.1) is 17.0 Å². The molecule has 2 N–H and O–H groups in total. The SMILES string of the molecule is CC(=O)c1c[nH]c(C(=O)OCC(=O)N[C@@]2(C)CCS(=O)(=O)C2)c1. The van der Waals surface area contributed by atoms with Gasteiger partial charge in [-0.2, -0.15) is 0 Å². The molecule has 1 aromatic heterocycles. The van der Waals surface area contributed by atoms with Gasteiger partial charge in [0.25, 0.3) is 5.91 Å². The van der Waals surface area contributed by atoms with Crippen LogP contribution in [0.15, 0.2) is 12.3 Å². The van der Waals surface area contributed by atoms with E-state index in [2.05, 4.69) is 10.3 Å². The number of carbonyl (C=O) groups excluding carboxylic acids is 3. The molecule has 1 amide bonds. The number of aromatic amines is 1. The van der Waals surface area contributed by atoms with E-state index in [0.29, 0.717) is 12.0 Å². The summed E-state index contributed by atoms with van der Waals surface area (Å²) >= 11 is 0. The van der Waals surface area contributed by atoms with Crippen LogP contribution in [0.25, 0.3) is 0 Å². The normalized spacial score (nSPS) is 22.5. The van der Waals surface area contributed by atoms with Gasteiger partial charge >= 0.3 is 5.97 Å². The fourth-order valence-electron chi connectivity index (χ4n) is 2.41. The largest absolute Gasteiger partial charge is 0.451 e. The first-order valence-corrected chi connectivity index (χ1v) is 8.80. The van der Waals surface area contributed by atoms with Crippen molar-refractivity contribution < 1.29 is 27.5 Å². The zero-order valence-corrected chi connectivity index (χ0v) is 13.7.